The van der Waals surface area contributed by atoms with E-state index in [1.165, 1.54) is 6.07 Å². The largest absolute Gasteiger partial charge is 0.370 e. The molecule has 1 rings (SSSR count). The van der Waals surface area contributed by atoms with Crippen molar-refractivity contribution in [2.45, 2.75) is 26.8 Å². The van der Waals surface area contributed by atoms with Crippen molar-refractivity contribution in [2.75, 3.05) is 39.0 Å². The van der Waals surface area contributed by atoms with E-state index in [4.69, 9.17) is 0 Å². The Morgan fingerprint density at radius 3 is 2.62 bits per heavy atom. The maximum Gasteiger partial charge on any atom is 0.257 e. The van der Waals surface area contributed by atoms with E-state index in [2.05, 4.69) is 10.3 Å². The van der Waals surface area contributed by atoms with Gasteiger partial charge in [-0.3, -0.25) is 4.79 Å². The Balaban J connectivity index is 3.06. The zero-order chi connectivity index (χ0) is 16.0. The first-order chi connectivity index (χ1) is 9.90. The molecular weight excluding hydrogens is 271 g/mol. The Morgan fingerprint density at radius 2 is 2.10 bits per heavy atom. The van der Waals surface area contributed by atoms with Crippen LogP contribution in [-0.4, -0.2) is 60.5 Å². The molecular formula is C15H25FN4O. The first-order valence-electron chi connectivity index (χ1n) is 7.25. The highest BCUT2D eigenvalue weighted by Crippen LogP contribution is 2.17. The van der Waals surface area contributed by atoms with Gasteiger partial charge in [0.1, 0.15) is 11.6 Å². The van der Waals surface area contributed by atoms with E-state index in [1.54, 1.807) is 4.90 Å². The zero-order valence-corrected chi connectivity index (χ0v) is 13.5. The quantitative estimate of drug-likeness (QED) is 0.837. The predicted octanol–water partition coefficient (Wildman–Crippen LogP) is 2.06. The van der Waals surface area contributed by atoms with E-state index in [0.717, 1.165) is 12.7 Å². The molecule has 0 bridgehead atoms. The van der Waals surface area contributed by atoms with Gasteiger partial charge in [-0.1, -0.05) is 0 Å². The minimum atomic E-state index is -0.503. The Kier molecular flexibility index (Phi) is 6.55. The summed E-state index contributed by atoms with van der Waals surface area (Å²) in [6.45, 7) is 7.75. The van der Waals surface area contributed by atoms with Gasteiger partial charge in [-0.25, -0.2) is 9.37 Å². The summed E-state index contributed by atoms with van der Waals surface area (Å²) < 4.78 is 13.5. The lowest BCUT2D eigenvalue weighted by Gasteiger charge is -2.30. The Bertz CT molecular complexity index is 479. The first-order valence-corrected chi connectivity index (χ1v) is 7.25. The van der Waals surface area contributed by atoms with Gasteiger partial charge in [0.05, 0.1) is 11.8 Å². The number of rotatable bonds is 7. The number of nitrogens with zero attached hydrogens (tertiary/aromatic N) is 3. The van der Waals surface area contributed by atoms with Gasteiger partial charge < -0.3 is 15.1 Å². The van der Waals surface area contributed by atoms with E-state index in [-0.39, 0.29) is 17.5 Å². The third-order valence-electron chi connectivity index (χ3n) is 3.19. The molecule has 0 aliphatic rings. The van der Waals surface area contributed by atoms with Crippen LogP contribution in [0.2, 0.25) is 0 Å². The number of anilines is 1. The fraction of sp³-hybridized carbons (Fsp3) is 0.600. The molecule has 0 aliphatic carbocycles. The summed E-state index contributed by atoms with van der Waals surface area (Å²) in [6, 6.07) is 1.29. The maximum absolute atomic E-state index is 13.5. The molecule has 21 heavy (non-hydrogen) atoms. The molecule has 0 saturated carbocycles. The van der Waals surface area contributed by atoms with E-state index in [0.29, 0.717) is 18.9 Å². The molecule has 0 saturated heterocycles. The lowest BCUT2D eigenvalue weighted by Crippen LogP contribution is -2.44. The molecule has 0 radical (unpaired) electrons. The number of halogens is 1. The molecule has 0 aromatic carbocycles. The smallest absolute Gasteiger partial charge is 0.257 e. The van der Waals surface area contributed by atoms with Crippen LogP contribution in [0.3, 0.4) is 0 Å². The van der Waals surface area contributed by atoms with Crippen LogP contribution in [0.15, 0.2) is 12.3 Å². The third-order valence-corrected chi connectivity index (χ3v) is 3.19. The van der Waals surface area contributed by atoms with Gasteiger partial charge in [0, 0.05) is 25.7 Å². The molecule has 0 fully saturated rings. The number of hydrogen-bond donors (Lipinski definition) is 1. The van der Waals surface area contributed by atoms with Crippen LogP contribution in [0.4, 0.5) is 10.2 Å². The second kappa shape index (κ2) is 7.93. The summed E-state index contributed by atoms with van der Waals surface area (Å²) >= 11 is 0. The minimum Gasteiger partial charge on any atom is -0.370 e. The van der Waals surface area contributed by atoms with Crippen LogP contribution in [0.1, 0.15) is 31.1 Å². The van der Waals surface area contributed by atoms with Crippen LogP contribution >= 0.6 is 0 Å². The number of likely N-dealkylation sites (N-methyl/N-ethyl adjacent to an activating group) is 2. The summed E-state index contributed by atoms with van der Waals surface area (Å²) in [5, 5.41) is 3.01. The van der Waals surface area contributed by atoms with Gasteiger partial charge in [-0.05, 0) is 40.9 Å². The number of carbonyl (C=O) groups excluding carboxylic acids is 1. The number of nitrogens with one attached hydrogen (secondary N) is 1. The number of hydrogen-bond acceptors (Lipinski definition) is 4. The lowest BCUT2D eigenvalue weighted by atomic mass is 10.1. The molecule has 1 aromatic rings. The molecule has 1 aromatic heterocycles. The molecule has 1 N–H and O–H groups in total. The van der Waals surface area contributed by atoms with Gasteiger partial charge in [-0.2, -0.15) is 0 Å². The summed E-state index contributed by atoms with van der Waals surface area (Å²) in [5.74, 6) is -0.273. The fourth-order valence-electron chi connectivity index (χ4n) is 2.35. The van der Waals surface area contributed by atoms with Crippen molar-refractivity contribution in [2.24, 2.45) is 0 Å². The summed E-state index contributed by atoms with van der Waals surface area (Å²) in [6.07, 6.45) is 1.12. The van der Waals surface area contributed by atoms with Crippen molar-refractivity contribution >= 4 is 11.7 Å². The lowest BCUT2D eigenvalue weighted by molar-refractivity contribution is 0.0679. The Labute approximate surface area is 126 Å². The molecule has 6 heteroatoms. The highest BCUT2D eigenvalue weighted by molar-refractivity contribution is 5.98. The Hall–Kier alpha value is -1.69. The van der Waals surface area contributed by atoms with Crippen molar-refractivity contribution < 1.29 is 9.18 Å². The van der Waals surface area contributed by atoms with Gasteiger partial charge in [0.2, 0.25) is 0 Å². The monoisotopic (exact) mass is 296 g/mol. The summed E-state index contributed by atoms with van der Waals surface area (Å²) in [4.78, 5) is 20.4. The van der Waals surface area contributed by atoms with E-state index >= 15 is 0 Å². The number of pyridine rings is 1. The number of amides is 1. The highest BCUT2D eigenvalue weighted by Gasteiger charge is 2.23. The maximum atomic E-state index is 13.5. The van der Waals surface area contributed by atoms with Crippen molar-refractivity contribution in [3.63, 3.8) is 0 Å². The molecule has 1 heterocycles. The molecule has 118 valence electrons. The first kappa shape index (κ1) is 17.4. The van der Waals surface area contributed by atoms with Crippen molar-refractivity contribution in [1.82, 2.24) is 14.8 Å². The normalized spacial score (nSPS) is 12.3. The van der Waals surface area contributed by atoms with Gasteiger partial charge in [-0.15, -0.1) is 0 Å². The predicted molar refractivity (Wildman–Crippen MR) is 83.1 cm³/mol. The van der Waals surface area contributed by atoms with Gasteiger partial charge in [0.25, 0.3) is 5.91 Å². The third kappa shape index (κ3) is 4.67. The molecule has 1 unspecified atom stereocenters. The van der Waals surface area contributed by atoms with Crippen LogP contribution in [-0.2, 0) is 0 Å². The number of carbonyl (C=O) groups is 1. The fourth-order valence-corrected chi connectivity index (χ4v) is 2.35. The molecule has 1 amide bonds. The van der Waals surface area contributed by atoms with Crippen molar-refractivity contribution in [1.29, 1.82) is 0 Å². The van der Waals surface area contributed by atoms with Crippen LogP contribution in [0.5, 0.6) is 0 Å². The van der Waals surface area contributed by atoms with Crippen LogP contribution < -0.4 is 5.32 Å². The van der Waals surface area contributed by atoms with Crippen LogP contribution in [0.25, 0.3) is 0 Å². The summed E-state index contributed by atoms with van der Waals surface area (Å²) in [7, 11) is 3.92. The van der Waals surface area contributed by atoms with Crippen molar-refractivity contribution in [3.05, 3.63) is 23.6 Å². The van der Waals surface area contributed by atoms with E-state index in [1.807, 2.05) is 39.8 Å². The van der Waals surface area contributed by atoms with E-state index in [9.17, 15) is 9.18 Å². The molecule has 5 nitrogen and oxygen atoms in total. The second-order valence-electron chi connectivity index (χ2n) is 5.28. The average Bonchev–Trinajstić information content (AvgIpc) is 2.40. The minimum absolute atomic E-state index is 0.0373. The topological polar surface area (TPSA) is 48.5 Å². The molecule has 0 aliphatic heterocycles. The van der Waals surface area contributed by atoms with E-state index < -0.39 is 5.82 Å². The highest BCUT2D eigenvalue weighted by atomic mass is 19.1. The molecule has 0 spiro atoms. The standard InChI is InChI=1S/C15H25FN4O/c1-6-17-14-13(8-12(16)9-18-14)15(21)20(7-2)11(3)10-19(4)5/h8-9,11H,6-7,10H2,1-5H3,(H,17,18). The Morgan fingerprint density at radius 1 is 1.43 bits per heavy atom. The van der Waals surface area contributed by atoms with Gasteiger partial charge in [0.15, 0.2) is 0 Å². The van der Waals surface area contributed by atoms with Crippen LogP contribution in [0, 0.1) is 5.82 Å². The SMILES string of the molecule is CCNc1ncc(F)cc1C(=O)N(CC)C(C)CN(C)C. The summed E-state index contributed by atoms with van der Waals surface area (Å²) in [5.41, 5.74) is 0.282. The second-order valence-corrected chi connectivity index (χ2v) is 5.28. The number of aromatic nitrogens is 1. The molecule has 1 atom stereocenters. The van der Waals surface area contributed by atoms with Gasteiger partial charge >= 0.3 is 0 Å². The average molecular weight is 296 g/mol. The van der Waals surface area contributed by atoms with Crippen molar-refractivity contribution in [3.8, 4) is 0 Å². The zero-order valence-electron chi connectivity index (χ0n) is 13.5.